The lowest BCUT2D eigenvalue weighted by Crippen LogP contribution is -2.29. The van der Waals surface area contributed by atoms with Crippen molar-refractivity contribution in [2.75, 3.05) is 13.1 Å². The summed E-state index contributed by atoms with van der Waals surface area (Å²) in [6, 6.07) is 0. The average Bonchev–Trinajstić information content (AvgIpc) is 2.64. The van der Waals surface area contributed by atoms with Crippen LogP contribution >= 0.6 is 0 Å². The van der Waals surface area contributed by atoms with Gasteiger partial charge >= 0.3 is 6.18 Å². The minimum atomic E-state index is -4.28. The molecule has 0 saturated carbocycles. The van der Waals surface area contributed by atoms with Crippen LogP contribution in [0.4, 0.5) is 13.2 Å². The number of tetrazole rings is 1. The van der Waals surface area contributed by atoms with Crippen molar-refractivity contribution in [1.82, 2.24) is 25.5 Å². The number of alkyl halides is 3. The first-order chi connectivity index (χ1) is 7.56. The van der Waals surface area contributed by atoms with E-state index in [0.717, 1.165) is 30.6 Å². The zero-order chi connectivity index (χ0) is 11.6. The van der Waals surface area contributed by atoms with Crippen LogP contribution in [0.25, 0.3) is 0 Å². The van der Waals surface area contributed by atoms with Gasteiger partial charge in [-0.05, 0) is 36.4 Å². The van der Waals surface area contributed by atoms with E-state index in [1.165, 1.54) is 0 Å². The number of rotatable bonds is 2. The Hall–Kier alpha value is -1.18. The Morgan fingerprint density at radius 3 is 2.62 bits per heavy atom. The maximum Gasteiger partial charge on any atom is 0.408 e. The van der Waals surface area contributed by atoms with E-state index < -0.39 is 12.7 Å². The number of aromatic nitrogens is 4. The highest BCUT2D eigenvalue weighted by Gasteiger charge is 2.32. The maximum atomic E-state index is 12.2. The van der Waals surface area contributed by atoms with E-state index in [-0.39, 0.29) is 5.92 Å². The minimum Gasteiger partial charge on any atom is -0.317 e. The van der Waals surface area contributed by atoms with Gasteiger partial charge in [-0.15, -0.1) is 5.10 Å². The Morgan fingerprint density at radius 1 is 1.31 bits per heavy atom. The standard InChI is InChI=1S/C8H12F3N5/c9-8(10,11)5-16-7(13-14-15-16)6-1-3-12-4-2-6/h6,12H,1-5H2. The van der Waals surface area contributed by atoms with Gasteiger partial charge in [0.25, 0.3) is 0 Å². The molecule has 0 unspecified atom stereocenters. The van der Waals surface area contributed by atoms with Gasteiger partial charge in [0, 0.05) is 5.92 Å². The van der Waals surface area contributed by atoms with Crippen molar-refractivity contribution >= 4 is 0 Å². The number of nitrogens with one attached hydrogen (secondary N) is 1. The molecule has 1 N–H and O–H groups in total. The number of piperidine rings is 1. The minimum absolute atomic E-state index is 0.0265. The Balaban J connectivity index is 2.11. The highest BCUT2D eigenvalue weighted by atomic mass is 19.4. The van der Waals surface area contributed by atoms with Gasteiger partial charge in [0.2, 0.25) is 0 Å². The summed E-state index contributed by atoms with van der Waals surface area (Å²) in [4.78, 5) is 0. The van der Waals surface area contributed by atoms with Crippen molar-refractivity contribution in [1.29, 1.82) is 0 Å². The Kier molecular flexibility index (Phi) is 3.08. The molecule has 90 valence electrons. The summed E-state index contributed by atoms with van der Waals surface area (Å²) in [7, 11) is 0. The quantitative estimate of drug-likeness (QED) is 0.820. The van der Waals surface area contributed by atoms with Crippen LogP contribution in [0.5, 0.6) is 0 Å². The molecule has 16 heavy (non-hydrogen) atoms. The molecule has 1 saturated heterocycles. The second-order valence-electron chi connectivity index (χ2n) is 3.83. The molecule has 2 rings (SSSR count). The first-order valence-corrected chi connectivity index (χ1v) is 5.10. The average molecular weight is 235 g/mol. The van der Waals surface area contributed by atoms with Gasteiger partial charge in [0.05, 0.1) is 0 Å². The zero-order valence-electron chi connectivity index (χ0n) is 8.54. The van der Waals surface area contributed by atoms with Crippen molar-refractivity contribution in [3.05, 3.63) is 5.82 Å². The summed E-state index contributed by atoms with van der Waals surface area (Å²) in [6.07, 6.45) is -2.73. The molecule has 1 aromatic heterocycles. The van der Waals surface area contributed by atoms with E-state index in [1.807, 2.05) is 0 Å². The monoisotopic (exact) mass is 235 g/mol. The summed E-state index contributed by atoms with van der Waals surface area (Å²) in [5.74, 6) is 0.373. The molecule has 0 radical (unpaired) electrons. The van der Waals surface area contributed by atoms with Crippen molar-refractivity contribution in [3.8, 4) is 0 Å². The van der Waals surface area contributed by atoms with E-state index >= 15 is 0 Å². The lowest BCUT2D eigenvalue weighted by molar-refractivity contribution is -0.143. The number of hydrogen-bond acceptors (Lipinski definition) is 4. The van der Waals surface area contributed by atoms with E-state index in [4.69, 9.17) is 0 Å². The van der Waals surface area contributed by atoms with Crippen LogP contribution in [0.1, 0.15) is 24.6 Å². The number of hydrogen-bond donors (Lipinski definition) is 1. The molecule has 0 aliphatic carbocycles. The zero-order valence-corrected chi connectivity index (χ0v) is 8.54. The van der Waals surface area contributed by atoms with E-state index in [0.29, 0.717) is 5.82 Å². The highest BCUT2D eigenvalue weighted by Crippen LogP contribution is 2.25. The molecule has 0 atom stereocenters. The lowest BCUT2D eigenvalue weighted by atomic mass is 9.97. The van der Waals surface area contributed by atoms with Crippen molar-refractivity contribution in [2.45, 2.75) is 31.5 Å². The predicted octanol–water partition coefficient (Wildman–Crippen LogP) is 0.702. The summed E-state index contributed by atoms with van der Waals surface area (Å²) in [5, 5.41) is 13.6. The fraction of sp³-hybridized carbons (Fsp3) is 0.875. The summed E-state index contributed by atoms with van der Waals surface area (Å²) in [6.45, 7) is 0.479. The molecular weight excluding hydrogens is 223 g/mol. The second-order valence-corrected chi connectivity index (χ2v) is 3.83. The van der Waals surface area contributed by atoms with Gasteiger partial charge in [-0.25, -0.2) is 4.68 Å². The largest absolute Gasteiger partial charge is 0.408 e. The van der Waals surface area contributed by atoms with E-state index in [2.05, 4.69) is 20.8 Å². The molecule has 1 aliphatic rings. The Labute approximate surface area is 90.0 Å². The normalized spacial score (nSPS) is 18.9. The molecule has 0 bridgehead atoms. The van der Waals surface area contributed by atoms with Crippen LogP contribution < -0.4 is 5.32 Å². The van der Waals surface area contributed by atoms with Crippen LogP contribution in [-0.2, 0) is 6.54 Å². The number of nitrogens with zero attached hydrogens (tertiary/aromatic N) is 4. The third kappa shape index (κ3) is 2.69. The summed E-state index contributed by atoms with van der Waals surface area (Å²) < 4.78 is 37.6. The molecule has 8 heteroatoms. The predicted molar refractivity (Wildman–Crippen MR) is 48.7 cm³/mol. The molecular formula is C8H12F3N5. The SMILES string of the molecule is FC(F)(F)Cn1nnnc1C1CCNCC1. The van der Waals surface area contributed by atoms with Gasteiger partial charge in [-0.3, -0.25) is 0 Å². The fourth-order valence-corrected chi connectivity index (χ4v) is 1.87. The van der Waals surface area contributed by atoms with Crippen molar-refractivity contribution in [2.24, 2.45) is 0 Å². The van der Waals surface area contributed by atoms with Crippen LogP contribution in [0.2, 0.25) is 0 Å². The molecule has 0 amide bonds. The lowest BCUT2D eigenvalue weighted by Gasteiger charge is -2.21. The molecule has 1 aromatic rings. The molecule has 5 nitrogen and oxygen atoms in total. The first kappa shape index (κ1) is 11.3. The summed E-state index contributed by atoms with van der Waals surface area (Å²) in [5.41, 5.74) is 0. The number of halogens is 3. The van der Waals surface area contributed by atoms with Crippen molar-refractivity contribution in [3.63, 3.8) is 0 Å². The van der Waals surface area contributed by atoms with Gasteiger partial charge in [0.15, 0.2) is 5.82 Å². The molecule has 1 fully saturated rings. The van der Waals surface area contributed by atoms with E-state index in [1.54, 1.807) is 0 Å². The first-order valence-electron chi connectivity index (χ1n) is 5.10. The third-order valence-electron chi connectivity index (χ3n) is 2.59. The topological polar surface area (TPSA) is 55.6 Å². The fourth-order valence-electron chi connectivity index (χ4n) is 1.87. The van der Waals surface area contributed by atoms with Crippen LogP contribution in [0.15, 0.2) is 0 Å². The van der Waals surface area contributed by atoms with Gasteiger partial charge in [0.1, 0.15) is 6.54 Å². The van der Waals surface area contributed by atoms with Gasteiger partial charge < -0.3 is 5.32 Å². The summed E-state index contributed by atoms with van der Waals surface area (Å²) >= 11 is 0. The van der Waals surface area contributed by atoms with Gasteiger partial charge in [-0.2, -0.15) is 13.2 Å². The van der Waals surface area contributed by atoms with Crippen LogP contribution in [-0.4, -0.2) is 39.5 Å². The van der Waals surface area contributed by atoms with Crippen molar-refractivity contribution < 1.29 is 13.2 Å². The second kappa shape index (κ2) is 4.36. The van der Waals surface area contributed by atoms with Gasteiger partial charge in [-0.1, -0.05) is 0 Å². The maximum absolute atomic E-state index is 12.2. The molecule has 0 spiro atoms. The highest BCUT2D eigenvalue weighted by molar-refractivity contribution is 4.96. The molecule has 0 aromatic carbocycles. The van der Waals surface area contributed by atoms with Crippen LogP contribution in [0, 0.1) is 0 Å². The Morgan fingerprint density at radius 2 is 2.00 bits per heavy atom. The molecule has 2 heterocycles. The smallest absolute Gasteiger partial charge is 0.317 e. The van der Waals surface area contributed by atoms with E-state index in [9.17, 15) is 13.2 Å². The Bertz CT molecular complexity index is 342. The molecule has 1 aliphatic heterocycles. The van der Waals surface area contributed by atoms with Crippen LogP contribution in [0.3, 0.4) is 0 Å². The third-order valence-corrected chi connectivity index (χ3v) is 2.59.